The first-order chi connectivity index (χ1) is 9.71. The Morgan fingerprint density at radius 3 is 2.14 bits per heavy atom. The molecular formula is C17H27NO3. The molecule has 118 valence electrons. The van der Waals surface area contributed by atoms with Gasteiger partial charge in [-0.3, -0.25) is 4.84 Å². The fraction of sp³-hybridized carbons (Fsp3) is 0.647. The molecule has 0 radical (unpaired) electrons. The van der Waals surface area contributed by atoms with Gasteiger partial charge in [0.1, 0.15) is 5.75 Å². The minimum Gasteiger partial charge on any atom is -0.508 e. The summed E-state index contributed by atoms with van der Waals surface area (Å²) in [4.78, 5) is 6.06. The van der Waals surface area contributed by atoms with E-state index in [-0.39, 0.29) is 22.9 Å². The van der Waals surface area contributed by atoms with Crippen LogP contribution in [0.25, 0.3) is 0 Å². The van der Waals surface area contributed by atoms with Gasteiger partial charge in [0, 0.05) is 11.1 Å². The smallest absolute Gasteiger partial charge is 0.115 e. The zero-order valence-electron chi connectivity index (χ0n) is 13.5. The Hall–Kier alpha value is -1.10. The number of nitrogens with zero attached hydrogens (tertiary/aromatic N) is 1. The number of phenolic OH excluding ortho intramolecular Hbond substituents is 1. The fourth-order valence-electron chi connectivity index (χ4n) is 3.48. The molecule has 0 aliphatic carbocycles. The summed E-state index contributed by atoms with van der Waals surface area (Å²) in [5.41, 5.74) is 0.771. The summed E-state index contributed by atoms with van der Waals surface area (Å²) < 4.78 is 0. The zero-order valence-corrected chi connectivity index (χ0v) is 13.5. The Bertz CT molecular complexity index is 449. The van der Waals surface area contributed by atoms with Gasteiger partial charge in [-0.2, -0.15) is 5.06 Å². The average molecular weight is 293 g/mol. The molecule has 4 nitrogen and oxygen atoms in total. The topological polar surface area (TPSA) is 52.9 Å². The number of aliphatic hydroxyl groups is 1. The number of phenols is 1. The van der Waals surface area contributed by atoms with Crippen molar-refractivity contribution in [2.45, 2.75) is 64.1 Å². The van der Waals surface area contributed by atoms with Gasteiger partial charge in [0.05, 0.1) is 12.7 Å². The van der Waals surface area contributed by atoms with Crippen molar-refractivity contribution in [2.75, 3.05) is 6.61 Å². The van der Waals surface area contributed by atoms with Crippen LogP contribution in [0.3, 0.4) is 0 Å². The zero-order chi connectivity index (χ0) is 15.7. The molecule has 0 atom stereocenters. The average Bonchev–Trinajstić information content (AvgIpc) is 2.33. The van der Waals surface area contributed by atoms with E-state index in [1.165, 1.54) is 0 Å². The molecule has 21 heavy (non-hydrogen) atoms. The highest BCUT2D eigenvalue weighted by molar-refractivity contribution is 5.25. The van der Waals surface area contributed by atoms with Crippen LogP contribution in [0.2, 0.25) is 0 Å². The van der Waals surface area contributed by atoms with Crippen LogP contribution >= 0.6 is 0 Å². The number of hydroxylamine groups is 2. The maximum atomic E-state index is 10.0. The monoisotopic (exact) mass is 293 g/mol. The lowest BCUT2D eigenvalue weighted by atomic mass is 9.80. The van der Waals surface area contributed by atoms with Crippen molar-refractivity contribution in [1.29, 1.82) is 0 Å². The molecule has 1 aliphatic rings. The van der Waals surface area contributed by atoms with Crippen LogP contribution in [0.1, 0.15) is 46.1 Å². The molecule has 1 aromatic carbocycles. The van der Waals surface area contributed by atoms with Gasteiger partial charge in [-0.05, 0) is 64.7 Å². The van der Waals surface area contributed by atoms with Gasteiger partial charge in [-0.25, -0.2) is 0 Å². The summed E-state index contributed by atoms with van der Waals surface area (Å²) in [5, 5.41) is 21.4. The highest BCUT2D eigenvalue weighted by Crippen LogP contribution is 2.38. The molecule has 1 heterocycles. The van der Waals surface area contributed by atoms with Crippen LogP contribution in [-0.4, -0.2) is 39.1 Å². The van der Waals surface area contributed by atoms with E-state index in [1.807, 2.05) is 17.2 Å². The molecule has 0 aromatic heterocycles. The summed E-state index contributed by atoms with van der Waals surface area (Å²) in [7, 11) is 0. The number of hydrogen-bond donors (Lipinski definition) is 2. The third-order valence-corrected chi connectivity index (χ3v) is 4.12. The Morgan fingerprint density at radius 1 is 1.10 bits per heavy atom. The molecule has 0 spiro atoms. The van der Waals surface area contributed by atoms with Gasteiger partial charge in [-0.1, -0.05) is 12.1 Å². The predicted molar refractivity (Wildman–Crippen MR) is 83.0 cm³/mol. The van der Waals surface area contributed by atoms with Crippen LogP contribution < -0.4 is 0 Å². The van der Waals surface area contributed by atoms with E-state index < -0.39 is 0 Å². The lowest BCUT2D eigenvalue weighted by Gasteiger charge is -2.52. The molecule has 2 N–H and O–H groups in total. The SMILES string of the molecule is CC1(C)CC(O)CC(C)(C)N1OCCc1ccc(O)cc1. The van der Waals surface area contributed by atoms with Gasteiger partial charge in [0.2, 0.25) is 0 Å². The molecule has 0 bridgehead atoms. The van der Waals surface area contributed by atoms with Crippen molar-refractivity contribution in [2.24, 2.45) is 0 Å². The summed E-state index contributed by atoms with van der Waals surface area (Å²) in [6.07, 6.45) is 1.96. The minimum absolute atomic E-state index is 0.184. The molecule has 0 unspecified atom stereocenters. The fourth-order valence-corrected chi connectivity index (χ4v) is 3.48. The van der Waals surface area contributed by atoms with Crippen molar-refractivity contribution in [3.63, 3.8) is 0 Å². The number of benzene rings is 1. The first kappa shape index (κ1) is 16.3. The largest absolute Gasteiger partial charge is 0.508 e. The van der Waals surface area contributed by atoms with Crippen molar-refractivity contribution < 1.29 is 15.1 Å². The third kappa shape index (κ3) is 3.96. The number of rotatable bonds is 4. The van der Waals surface area contributed by atoms with Crippen LogP contribution in [0.4, 0.5) is 0 Å². The molecule has 0 amide bonds. The highest BCUT2D eigenvalue weighted by Gasteiger charge is 2.46. The van der Waals surface area contributed by atoms with E-state index in [0.29, 0.717) is 6.61 Å². The first-order valence-electron chi connectivity index (χ1n) is 7.60. The summed E-state index contributed by atoms with van der Waals surface area (Å²) in [6, 6.07) is 7.21. The van der Waals surface area contributed by atoms with Crippen molar-refractivity contribution in [1.82, 2.24) is 5.06 Å². The number of hydrogen-bond acceptors (Lipinski definition) is 4. The second kappa shape index (κ2) is 5.95. The first-order valence-corrected chi connectivity index (χ1v) is 7.60. The van der Waals surface area contributed by atoms with Crippen LogP contribution in [-0.2, 0) is 11.3 Å². The Morgan fingerprint density at radius 2 is 1.62 bits per heavy atom. The van der Waals surface area contributed by atoms with E-state index in [9.17, 15) is 10.2 Å². The Balaban J connectivity index is 1.95. The molecule has 1 aromatic rings. The minimum atomic E-state index is -0.271. The van der Waals surface area contributed by atoms with E-state index in [2.05, 4.69) is 27.7 Å². The predicted octanol–water partition coefficient (Wildman–Crippen LogP) is 2.88. The highest BCUT2D eigenvalue weighted by atomic mass is 16.7. The number of aromatic hydroxyl groups is 1. The molecule has 2 rings (SSSR count). The van der Waals surface area contributed by atoms with Crippen molar-refractivity contribution in [3.05, 3.63) is 29.8 Å². The summed E-state index contributed by atoms with van der Waals surface area (Å²) >= 11 is 0. The maximum Gasteiger partial charge on any atom is 0.115 e. The summed E-state index contributed by atoms with van der Waals surface area (Å²) in [5.74, 6) is 0.284. The Labute approximate surface area is 127 Å². The maximum absolute atomic E-state index is 10.0. The normalized spacial score (nSPS) is 22.3. The van der Waals surface area contributed by atoms with Gasteiger partial charge < -0.3 is 10.2 Å². The third-order valence-electron chi connectivity index (χ3n) is 4.12. The second-order valence-electron chi connectivity index (χ2n) is 7.23. The molecule has 0 saturated carbocycles. The quantitative estimate of drug-likeness (QED) is 0.896. The Kier molecular flexibility index (Phi) is 4.61. The van der Waals surface area contributed by atoms with E-state index >= 15 is 0 Å². The lowest BCUT2D eigenvalue weighted by molar-refractivity contribution is -0.291. The molecule has 1 aliphatic heterocycles. The van der Waals surface area contributed by atoms with Crippen LogP contribution in [0.15, 0.2) is 24.3 Å². The van der Waals surface area contributed by atoms with Gasteiger partial charge in [-0.15, -0.1) is 0 Å². The molecular weight excluding hydrogens is 266 g/mol. The van der Waals surface area contributed by atoms with Gasteiger partial charge in [0.25, 0.3) is 0 Å². The number of aliphatic hydroxyl groups excluding tert-OH is 1. The molecule has 4 heteroatoms. The number of piperidine rings is 1. The molecule has 1 saturated heterocycles. The van der Waals surface area contributed by atoms with Gasteiger partial charge >= 0.3 is 0 Å². The standard InChI is InChI=1S/C17H27NO3/c1-16(2)11-15(20)12-17(3,4)18(16)21-10-9-13-5-7-14(19)8-6-13/h5-8,15,19-20H,9-12H2,1-4H3. The van der Waals surface area contributed by atoms with E-state index in [0.717, 1.165) is 24.8 Å². The van der Waals surface area contributed by atoms with E-state index in [4.69, 9.17) is 4.84 Å². The van der Waals surface area contributed by atoms with Crippen LogP contribution in [0, 0.1) is 0 Å². The molecule has 1 fully saturated rings. The van der Waals surface area contributed by atoms with E-state index in [1.54, 1.807) is 12.1 Å². The van der Waals surface area contributed by atoms with Crippen molar-refractivity contribution in [3.8, 4) is 5.75 Å². The lowest BCUT2D eigenvalue weighted by Crippen LogP contribution is -2.61. The van der Waals surface area contributed by atoms with Crippen LogP contribution in [0.5, 0.6) is 5.75 Å². The summed E-state index contributed by atoms with van der Waals surface area (Å²) in [6.45, 7) is 9.03. The second-order valence-corrected chi connectivity index (χ2v) is 7.23. The van der Waals surface area contributed by atoms with Crippen molar-refractivity contribution >= 4 is 0 Å². The van der Waals surface area contributed by atoms with Gasteiger partial charge in [0.15, 0.2) is 0 Å².